The molecular weight excluding hydrogens is 294 g/mol. The fraction of sp³-hybridized carbons (Fsp3) is 0.600. The summed E-state index contributed by atoms with van der Waals surface area (Å²) in [7, 11) is 0.517. The number of unbranched alkanes of at least 4 members (excludes halogenated alkanes) is 1. The number of benzene rings is 1. The first-order valence-corrected chi connectivity index (χ1v) is 8.15. The lowest BCUT2D eigenvalue weighted by Crippen LogP contribution is -2.38. The van der Waals surface area contributed by atoms with E-state index in [0.29, 0.717) is 42.1 Å². The van der Waals surface area contributed by atoms with E-state index in [4.69, 9.17) is 13.9 Å². The van der Waals surface area contributed by atoms with Crippen molar-refractivity contribution in [2.45, 2.75) is 45.5 Å². The number of ether oxygens (including phenoxy) is 2. The van der Waals surface area contributed by atoms with E-state index >= 15 is 0 Å². The van der Waals surface area contributed by atoms with Gasteiger partial charge in [-0.1, -0.05) is 0 Å². The summed E-state index contributed by atoms with van der Waals surface area (Å²) in [6, 6.07) is 3.61. The Hall–Kier alpha value is -0.823. The third-order valence-electron chi connectivity index (χ3n) is 3.16. The summed E-state index contributed by atoms with van der Waals surface area (Å²) in [5.41, 5.74) is 0.665. The van der Waals surface area contributed by atoms with E-state index < -0.39 is 17.6 Å². The zero-order valence-corrected chi connectivity index (χ0v) is 15.0. The van der Waals surface area contributed by atoms with Gasteiger partial charge in [0.25, 0.3) is 5.97 Å². The van der Waals surface area contributed by atoms with Crippen LogP contribution in [0.3, 0.4) is 0 Å². The third-order valence-corrected chi connectivity index (χ3v) is 3.78. The van der Waals surface area contributed by atoms with E-state index in [0.717, 1.165) is 18.9 Å². The van der Waals surface area contributed by atoms with Gasteiger partial charge in [-0.2, -0.15) is 0 Å². The molecule has 0 N–H and O–H groups in total. The van der Waals surface area contributed by atoms with Gasteiger partial charge in [0.05, 0.1) is 0 Å². The van der Waals surface area contributed by atoms with Gasteiger partial charge in [-0.15, -0.1) is 0 Å². The molecule has 0 heterocycles. The molecule has 0 unspecified atom stereocenters. The van der Waals surface area contributed by atoms with Gasteiger partial charge >= 0.3 is 0 Å². The van der Waals surface area contributed by atoms with E-state index in [1.54, 1.807) is 0 Å². The zero-order valence-electron chi connectivity index (χ0n) is 13.0. The smallest absolute Gasteiger partial charge is 0.272 e. The Labute approximate surface area is 128 Å². The van der Waals surface area contributed by atoms with Crippen molar-refractivity contribution in [3.05, 3.63) is 35.4 Å². The van der Waals surface area contributed by atoms with Gasteiger partial charge in [-0.3, -0.25) is 0 Å². The molecule has 0 aliphatic rings. The molecule has 120 valence electrons. The first-order valence-electron chi connectivity index (χ1n) is 7.33. The molecule has 0 atom stereocenters. The Bertz CT molecular complexity index is 403. The molecule has 0 bridgehead atoms. The van der Waals surface area contributed by atoms with Crippen LogP contribution in [0.4, 0.5) is 8.78 Å². The highest BCUT2D eigenvalue weighted by molar-refractivity contribution is 5.98. The fourth-order valence-electron chi connectivity index (χ4n) is 2.27. The van der Waals surface area contributed by atoms with Gasteiger partial charge in [0.2, 0.25) is 0 Å². The van der Waals surface area contributed by atoms with Crippen LogP contribution < -0.4 is 0 Å². The maximum absolute atomic E-state index is 13.1. The molecular formula is C15H24F2O3Si. The lowest BCUT2D eigenvalue weighted by Gasteiger charge is -2.31. The van der Waals surface area contributed by atoms with Crippen LogP contribution in [-0.4, -0.2) is 29.7 Å². The van der Waals surface area contributed by atoms with Crippen molar-refractivity contribution in [2.75, 3.05) is 13.2 Å². The molecule has 0 aliphatic heterocycles. The normalized spacial score (nSPS) is 12.0. The van der Waals surface area contributed by atoms with E-state index in [1.807, 2.05) is 13.8 Å². The number of hydrogen-bond acceptors (Lipinski definition) is 3. The van der Waals surface area contributed by atoms with Crippen LogP contribution in [0.2, 0.25) is 0 Å². The predicted molar refractivity (Wildman–Crippen MR) is 80.9 cm³/mol. The zero-order chi connectivity index (χ0) is 15.7. The highest BCUT2D eigenvalue weighted by Crippen LogP contribution is 2.22. The van der Waals surface area contributed by atoms with Gasteiger partial charge in [0.15, 0.2) is 10.5 Å². The molecule has 1 aromatic carbocycles. The molecule has 6 heteroatoms. The predicted octanol–water partition coefficient (Wildman–Crippen LogP) is 2.70. The highest BCUT2D eigenvalue weighted by Gasteiger charge is 2.29. The van der Waals surface area contributed by atoms with Crippen molar-refractivity contribution >= 4 is 10.5 Å². The minimum absolute atomic E-state index is 0.511. The van der Waals surface area contributed by atoms with E-state index in [1.165, 1.54) is 12.1 Å². The first-order chi connectivity index (χ1) is 10.0. The standard InChI is InChI=1S/C15H24F2O3Si/c1-3-18-15(20-21,19-4-2)8-6-5-7-12-9-13(16)11-14(17)10-12/h9-11H,3-8H2,1-2,21H3. The van der Waals surface area contributed by atoms with Crippen molar-refractivity contribution in [1.29, 1.82) is 0 Å². The maximum Gasteiger partial charge on any atom is 0.272 e. The van der Waals surface area contributed by atoms with E-state index in [-0.39, 0.29) is 0 Å². The van der Waals surface area contributed by atoms with Crippen molar-refractivity contribution in [3.8, 4) is 0 Å². The van der Waals surface area contributed by atoms with Gasteiger partial charge < -0.3 is 13.9 Å². The Morgan fingerprint density at radius 1 is 1.00 bits per heavy atom. The van der Waals surface area contributed by atoms with Crippen LogP contribution in [0.1, 0.15) is 38.7 Å². The van der Waals surface area contributed by atoms with Crippen LogP contribution in [0.15, 0.2) is 18.2 Å². The van der Waals surface area contributed by atoms with Crippen molar-refractivity contribution in [2.24, 2.45) is 0 Å². The summed E-state index contributed by atoms with van der Waals surface area (Å²) in [6.45, 7) is 4.81. The topological polar surface area (TPSA) is 27.7 Å². The molecule has 0 saturated carbocycles. The summed E-state index contributed by atoms with van der Waals surface area (Å²) in [5, 5.41) is 0. The molecule has 0 saturated heterocycles. The minimum Gasteiger partial charge on any atom is -0.380 e. The average Bonchev–Trinajstić information content (AvgIpc) is 2.43. The van der Waals surface area contributed by atoms with Crippen LogP contribution >= 0.6 is 0 Å². The third kappa shape index (κ3) is 6.21. The van der Waals surface area contributed by atoms with Gasteiger partial charge in [0, 0.05) is 25.7 Å². The lowest BCUT2D eigenvalue weighted by atomic mass is 10.1. The molecule has 0 fully saturated rings. The number of halogens is 2. The van der Waals surface area contributed by atoms with Crippen molar-refractivity contribution in [1.82, 2.24) is 0 Å². The molecule has 0 aliphatic carbocycles. The Kier molecular flexibility index (Phi) is 8.03. The van der Waals surface area contributed by atoms with Crippen molar-refractivity contribution < 1.29 is 22.7 Å². The average molecular weight is 318 g/mol. The van der Waals surface area contributed by atoms with Gasteiger partial charge in [-0.25, -0.2) is 8.78 Å². The Morgan fingerprint density at radius 3 is 2.05 bits per heavy atom. The molecule has 21 heavy (non-hydrogen) atoms. The number of hydrogen-bond donors (Lipinski definition) is 0. The Balaban J connectivity index is 2.46. The minimum atomic E-state index is -0.955. The summed E-state index contributed by atoms with van der Waals surface area (Å²) in [4.78, 5) is 0. The SMILES string of the molecule is CCOC(CCCCc1cc(F)cc(F)c1)(O[SiH3])OCC. The second-order valence-electron chi connectivity index (χ2n) is 4.74. The van der Waals surface area contributed by atoms with Crippen LogP contribution in [0.25, 0.3) is 0 Å². The monoisotopic (exact) mass is 318 g/mol. The first kappa shape index (κ1) is 18.2. The molecule has 1 aromatic rings. The number of rotatable bonds is 10. The van der Waals surface area contributed by atoms with Crippen LogP contribution in [-0.2, 0) is 20.3 Å². The molecule has 0 radical (unpaired) electrons. The van der Waals surface area contributed by atoms with E-state index in [9.17, 15) is 8.78 Å². The van der Waals surface area contributed by atoms with Crippen LogP contribution in [0.5, 0.6) is 0 Å². The van der Waals surface area contributed by atoms with E-state index in [2.05, 4.69) is 0 Å². The molecule has 0 spiro atoms. The summed E-state index contributed by atoms with van der Waals surface area (Å²) < 4.78 is 42.8. The second-order valence-corrected chi connectivity index (χ2v) is 5.15. The summed E-state index contributed by atoms with van der Waals surface area (Å²) in [5.74, 6) is -2.03. The quantitative estimate of drug-likeness (QED) is 0.377. The Morgan fingerprint density at radius 2 is 1.57 bits per heavy atom. The number of aryl methyl sites for hydroxylation is 1. The lowest BCUT2D eigenvalue weighted by molar-refractivity contribution is -0.344. The highest BCUT2D eigenvalue weighted by atomic mass is 28.2. The largest absolute Gasteiger partial charge is 0.380 e. The summed E-state index contributed by atoms with van der Waals surface area (Å²) >= 11 is 0. The van der Waals surface area contributed by atoms with Crippen molar-refractivity contribution in [3.63, 3.8) is 0 Å². The summed E-state index contributed by atoms with van der Waals surface area (Å²) in [6.07, 6.45) is 2.80. The van der Waals surface area contributed by atoms with Crippen LogP contribution in [0, 0.1) is 11.6 Å². The molecule has 3 nitrogen and oxygen atoms in total. The molecule has 0 aromatic heterocycles. The molecule has 1 rings (SSSR count). The van der Waals surface area contributed by atoms with Gasteiger partial charge in [0.1, 0.15) is 11.6 Å². The van der Waals surface area contributed by atoms with Gasteiger partial charge in [-0.05, 0) is 50.8 Å². The fourth-order valence-corrected chi connectivity index (χ4v) is 2.71. The molecule has 0 amide bonds. The second kappa shape index (κ2) is 9.25. The maximum atomic E-state index is 13.1.